The summed E-state index contributed by atoms with van der Waals surface area (Å²) in [6, 6.07) is 6.47. The van der Waals surface area contributed by atoms with Crippen molar-refractivity contribution in [3.63, 3.8) is 0 Å². The molecule has 1 saturated carbocycles. The predicted molar refractivity (Wildman–Crippen MR) is 131 cm³/mol. The first-order chi connectivity index (χ1) is 17.1. The van der Waals surface area contributed by atoms with Gasteiger partial charge in [-0.3, -0.25) is 9.59 Å². The molecule has 4 N–H and O–H groups in total. The number of benzene rings is 1. The molecule has 0 aliphatic heterocycles. The number of amides is 2. The maximum atomic E-state index is 12.8. The van der Waals surface area contributed by atoms with Crippen molar-refractivity contribution in [3.8, 4) is 17.1 Å². The van der Waals surface area contributed by atoms with Crippen LogP contribution in [0.15, 0.2) is 28.8 Å². The number of rotatable bonds is 9. The van der Waals surface area contributed by atoms with E-state index in [1.165, 1.54) is 20.1 Å². The summed E-state index contributed by atoms with van der Waals surface area (Å²) in [7, 11) is 17.9. The highest BCUT2D eigenvalue weighted by Gasteiger charge is 2.30. The molecule has 1 fully saturated rings. The topological polar surface area (TPSA) is 164 Å². The number of hydrogen-bond donors (Lipinski definition) is 4. The van der Waals surface area contributed by atoms with Gasteiger partial charge in [0.1, 0.15) is 6.10 Å². The first-order valence-corrected chi connectivity index (χ1v) is 10.9. The average Bonchev–Trinajstić information content (AvgIpc) is 3.54. The fourth-order valence-electron chi connectivity index (χ4n) is 3.24. The summed E-state index contributed by atoms with van der Waals surface area (Å²) in [4.78, 5) is 29.2. The molecule has 0 unspecified atom stereocenters. The maximum Gasteiger partial charge on any atom is 0.272 e. The molecular weight excluding hydrogens is 463 g/mol. The molecule has 12 nitrogen and oxygen atoms in total. The lowest BCUT2D eigenvalue weighted by atomic mass is 9.49. The lowest BCUT2D eigenvalue weighted by Gasteiger charge is -2.23. The Morgan fingerprint density at radius 3 is 2.58 bits per heavy atom. The van der Waals surface area contributed by atoms with Gasteiger partial charge in [-0.15, -0.1) is 10.2 Å². The monoisotopic (exact) mass is 483 g/mol. The van der Waals surface area contributed by atoms with Crippen LogP contribution in [0.4, 0.5) is 17.2 Å². The molecule has 2 aromatic heterocycles. The van der Waals surface area contributed by atoms with E-state index >= 15 is 0 Å². The second kappa shape index (κ2) is 10.0. The molecule has 2 heterocycles. The Hall–Kier alpha value is -3.87. The van der Waals surface area contributed by atoms with Gasteiger partial charge in [0, 0.05) is 12.0 Å². The van der Waals surface area contributed by atoms with Crippen LogP contribution in [0.1, 0.15) is 42.2 Å². The second-order valence-corrected chi connectivity index (χ2v) is 8.29. The van der Waals surface area contributed by atoms with Crippen molar-refractivity contribution >= 4 is 52.5 Å². The highest BCUT2D eigenvalue weighted by atomic mass is 16.5. The molecule has 2 amide bonds. The van der Waals surface area contributed by atoms with E-state index in [4.69, 9.17) is 32.8 Å². The number of nitrogens with one attached hydrogen (secondary N) is 3. The number of methoxy groups -OCH3 is 1. The minimum atomic E-state index is -2.01. The first-order valence-electron chi connectivity index (χ1n) is 10.9. The lowest BCUT2D eigenvalue weighted by Crippen LogP contribution is -2.50. The summed E-state index contributed by atoms with van der Waals surface area (Å²) in [6.07, 6.45) is 0.646. The fourth-order valence-corrected chi connectivity index (χ4v) is 3.24. The Morgan fingerprint density at radius 1 is 1.22 bits per heavy atom. The first kappa shape index (κ1) is 25.2. The summed E-state index contributed by atoms with van der Waals surface area (Å²) in [5.74, 6) is -0.443. The second-order valence-electron chi connectivity index (χ2n) is 8.29. The number of carbonyl (C=O) groups is 2. The SMILES string of the molecule is [B]C([B])([B])NC(=O)c1nnc(NC(=O)C2CC2)cc1Nc1cccc(-c2noc([C@@H](C)O)n2)c1OC. The molecule has 0 bridgehead atoms. The van der Waals surface area contributed by atoms with Crippen LogP contribution in [0.5, 0.6) is 5.75 Å². The summed E-state index contributed by atoms with van der Waals surface area (Å²) >= 11 is 0. The van der Waals surface area contributed by atoms with E-state index in [0.29, 0.717) is 17.0 Å². The molecule has 0 saturated heterocycles. The Labute approximate surface area is 210 Å². The Balaban J connectivity index is 1.72. The number of anilines is 3. The molecule has 36 heavy (non-hydrogen) atoms. The van der Waals surface area contributed by atoms with Crippen LogP contribution in [-0.4, -0.2) is 73.1 Å². The smallest absolute Gasteiger partial charge is 0.272 e. The zero-order chi connectivity index (χ0) is 26.0. The summed E-state index contributed by atoms with van der Waals surface area (Å²) in [5, 5.41) is 27.4. The number of para-hydroxylation sites is 1. The van der Waals surface area contributed by atoms with Gasteiger partial charge in [0.15, 0.2) is 17.3 Å². The van der Waals surface area contributed by atoms with E-state index in [1.807, 2.05) is 0 Å². The summed E-state index contributed by atoms with van der Waals surface area (Å²) in [6.45, 7) is 1.49. The van der Waals surface area contributed by atoms with E-state index in [2.05, 4.69) is 36.3 Å². The molecule has 15 heteroatoms. The van der Waals surface area contributed by atoms with Crippen LogP contribution in [0.2, 0.25) is 0 Å². The van der Waals surface area contributed by atoms with E-state index in [9.17, 15) is 14.7 Å². The number of aliphatic hydroxyl groups excluding tert-OH is 1. The lowest BCUT2D eigenvalue weighted by molar-refractivity contribution is -0.117. The highest BCUT2D eigenvalue weighted by Crippen LogP contribution is 2.38. The molecule has 1 atom stereocenters. The van der Waals surface area contributed by atoms with Crippen LogP contribution >= 0.6 is 0 Å². The van der Waals surface area contributed by atoms with Crippen molar-refractivity contribution in [2.24, 2.45) is 5.92 Å². The summed E-state index contributed by atoms with van der Waals surface area (Å²) < 4.78 is 10.7. The molecular formula is C21H20B3N7O5. The van der Waals surface area contributed by atoms with Crippen molar-refractivity contribution in [3.05, 3.63) is 35.9 Å². The van der Waals surface area contributed by atoms with Gasteiger partial charge >= 0.3 is 0 Å². The summed E-state index contributed by atoms with van der Waals surface area (Å²) in [5.41, 5.74) is 0.775. The average molecular weight is 483 g/mol. The molecule has 1 aromatic carbocycles. The zero-order valence-corrected chi connectivity index (χ0v) is 19.5. The van der Waals surface area contributed by atoms with Gasteiger partial charge in [0.05, 0.1) is 47.6 Å². The van der Waals surface area contributed by atoms with Crippen LogP contribution < -0.4 is 20.7 Å². The molecule has 3 aromatic rings. The van der Waals surface area contributed by atoms with Gasteiger partial charge in [-0.2, -0.15) is 4.98 Å². The molecule has 0 spiro atoms. The van der Waals surface area contributed by atoms with Crippen molar-refractivity contribution in [2.75, 3.05) is 17.7 Å². The van der Waals surface area contributed by atoms with Gasteiger partial charge in [-0.1, -0.05) is 16.5 Å². The minimum Gasteiger partial charge on any atom is -0.494 e. The number of carbonyl (C=O) groups excluding carboxylic acids is 2. The standard InChI is InChI=1S/C21H20B3N7O5/c1-9(32)20-27-17(31-36-20)11-4-3-5-12(16(11)35-2)25-13-8-14(26-18(33)10-6-7-10)29-30-15(13)19(34)28-21(22,23)24/h3-5,8-10,32H,6-7H2,1-2H3,(H,28,34)(H2,25,26,29,33)/t9-/m1/s1. The van der Waals surface area contributed by atoms with Crippen LogP contribution in [-0.2, 0) is 4.79 Å². The Kier molecular flexibility index (Phi) is 7.02. The molecule has 4 rings (SSSR count). The van der Waals surface area contributed by atoms with E-state index in [0.717, 1.165) is 12.8 Å². The van der Waals surface area contributed by atoms with Crippen molar-refractivity contribution in [1.29, 1.82) is 0 Å². The quantitative estimate of drug-likeness (QED) is 0.316. The van der Waals surface area contributed by atoms with Gasteiger partial charge in [0.2, 0.25) is 11.7 Å². The van der Waals surface area contributed by atoms with Crippen molar-refractivity contribution < 1.29 is 24.0 Å². The van der Waals surface area contributed by atoms with Crippen molar-refractivity contribution in [1.82, 2.24) is 25.7 Å². The molecule has 1 aliphatic carbocycles. The molecule has 178 valence electrons. The van der Waals surface area contributed by atoms with E-state index < -0.39 is 17.2 Å². The molecule has 6 radical (unpaired) electrons. The van der Waals surface area contributed by atoms with Crippen LogP contribution in [0, 0.1) is 5.92 Å². The van der Waals surface area contributed by atoms with Crippen LogP contribution in [0.3, 0.4) is 0 Å². The van der Waals surface area contributed by atoms with Crippen LogP contribution in [0.25, 0.3) is 11.4 Å². The minimum absolute atomic E-state index is 0.0348. The van der Waals surface area contributed by atoms with E-state index in [1.54, 1.807) is 18.2 Å². The number of aliphatic hydroxyl groups is 1. The molecule has 1 aliphatic rings. The normalized spacial score (nSPS) is 14.1. The third-order valence-electron chi connectivity index (χ3n) is 5.07. The van der Waals surface area contributed by atoms with Gasteiger partial charge < -0.3 is 30.3 Å². The van der Waals surface area contributed by atoms with E-state index in [-0.39, 0.29) is 40.7 Å². The number of hydrogen-bond acceptors (Lipinski definition) is 10. The number of nitrogens with zero attached hydrogens (tertiary/aromatic N) is 4. The number of aromatic nitrogens is 4. The van der Waals surface area contributed by atoms with Gasteiger partial charge in [-0.25, -0.2) is 0 Å². The van der Waals surface area contributed by atoms with Gasteiger partial charge in [-0.05, 0) is 31.9 Å². The van der Waals surface area contributed by atoms with Gasteiger partial charge in [0.25, 0.3) is 11.8 Å². The highest BCUT2D eigenvalue weighted by molar-refractivity contribution is 6.60. The zero-order valence-electron chi connectivity index (χ0n) is 19.5. The largest absolute Gasteiger partial charge is 0.494 e. The van der Waals surface area contributed by atoms with Crippen molar-refractivity contribution in [2.45, 2.75) is 31.1 Å². The maximum absolute atomic E-state index is 12.8. The third kappa shape index (κ3) is 5.85. The fraction of sp³-hybridized carbons (Fsp3) is 0.333. The Morgan fingerprint density at radius 2 is 1.97 bits per heavy atom. The third-order valence-corrected chi connectivity index (χ3v) is 5.07. The predicted octanol–water partition coefficient (Wildman–Crippen LogP) is 0.527. The number of ether oxygens (including phenoxy) is 1. The Bertz CT molecular complexity index is 1290.